The maximum Gasteiger partial charge on any atom is 0.106 e. The molecule has 0 saturated heterocycles. The van der Waals surface area contributed by atoms with Gasteiger partial charge in [0.1, 0.15) is 11.5 Å². The zero-order valence-electron chi connectivity index (χ0n) is 5.93. The van der Waals surface area contributed by atoms with E-state index in [0.717, 1.165) is 24.3 Å². The number of hydrogen-bond acceptors (Lipinski definition) is 2. The lowest BCUT2D eigenvalue weighted by molar-refractivity contribution is 0.591. The second kappa shape index (κ2) is 6.39. The largest absolute Gasteiger partial charge is 0.616 e. The maximum atomic E-state index is 10.9. The van der Waals surface area contributed by atoms with Crippen molar-refractivity contribution in [1.82, 2.24) is 0 Å². The Balaban J connectivity index is 2.95. The Bertz CT molecular complexity index is 61.0. The Morgan fingerprint density at radius 1 is 1.44 bits per heavy atom. The molecule has 3 heteroatoms. The standard InChI is InChI=1S/C6H15NOS/c1-2-5-9(8)6-3-4-7/h2-7H2,1H3/t9-/m0/s1. The fraction of sp³-hybridized carbons (Fsp3) is 1.00. The first-order valence-electron chi connectivity index (χ1n) is 3.36. The number of hydrogen-bond donors (Lipinski definition) is 1. The lowest BCUT2D eigenvalue weighted by Crippen LogP contribution is -2.13. The molecule has 0 bridgehead atoms. The number of nitrogens with two attached hydrogens (primary N) is 1. The topological polar surface area (TPSA) is 49.1 Å². The van der Waals surface area contributed by atoms with Gasteiger partial charge in [-0.15, -0.1) is 0 Å². The molecule has 0 rings (SSSR count). The summed E-state index contributed by atoms with van der Waals surface area (Å²) in [7, 11) is 0. The van der Waals surface area contributed by atoms with Gasteiger partial charge in [0.2, 0.25) is 0 Å². The molecule has 0 amide bonds. The third kappa shape index (κ3) is 6.15. The van der Waals surface area contributed by atoms with Crippen molar-refractivity contribution in [1.29, 1.82) is 0 Å². The number of rotatable bonds is 5. The molecule has 0 spiro atoms. The lowest BCUT2D eigenvalue weighted by Gasteiger charge is -2.07. The Hall–Kier alpha value is 0.270. The van der Waals surface area contributed by atoms with Crippen molar-refractivity contribution in [2.75, 3.05) is 18.1 Å². The van der Waals surface area contributed by atoms with Gasteiger partial charge in [0, 0.05) is 6.42 Å². The van der Waals surface area contributed by atoms with Gasteiger partial charge in [-0.1, -0.05) is 18.1 Å². The highest BCUT2D eigenvalue weighted by atomic mass is 32.2. The van der Waals surface area contributed by atoms with Crippen molar-refractivity contribution in [3.05, 3.63) is 0 Å². The minimum absolute atomic E-state index is 0.600. The molecule has 0 aliphatic carbocycles. The van der Waals surface area contributed by atoms with Crippen LogP contribution in [0.4, 0.5) is 0 Å². The van der Waals surface area contributed by atoms with Gasteiger partial charge in [-0.3, -0.25) is 0 Å². The molecule has 0 unspecified atom stereocenters. The molecule has 0 fully saturated rings. The van der Waals surface area contributed by atoms with Crippen molar-refractivity contribution in [2.24, 2.45) is 5.73 Å². The van der Waals surface area contributed by atoms with E-state index in [4.69, 9.17) is 5.73 Å². The van der Waals surface area contributed by atoms with Gasteiger partial charge in [0.05, 0.1) is 0 Å². The summed E-state index contributed by atoms with van der Waals surface area (Å²) in [5.41, 5.74) is 5.24. The molecule has 2 N–H and O–H groups in total. The zero-order valence-corrected chi connectivity index (χ0v) is 6.75. The third-order valence-electron chi connectivity index (χ3n) is 1.01. The van der Waals surface area contributed by atoms with Gasteiger partial charge in [-0.05, 0) is 13.0 Å². The highest BCUT2D eigenvalue weighted by Gasteiger charge is 2.00. The molecule has 0 saturated carbocycles. The van der Waals surface area contributed by atoms with Crippen molar-refractivity contribution in [3.8, 4) is 0 Å². The molecular weight excluding hydrogens is 134 g/mol. The van der Waals surface area contributed by atoms with Crippen LogP contribution in [-0.2, 0) is 11.2 Å². The summed E-state index contributed by atoms with van der Waals surface area (Å²) in [4.78, 5) is 0. The predicted molar refractivity (Wildman–Crippen MR) is 41.8 cm³/mol. The van der Waals surface area contributed by atoms with Crippen LogP contribution in [0.15, 0.2) is 0 Å². The van der Waals surface area contributed by atoms with Crippen molar-refractivity contribution >= 4 is 11.2 Å². The minimum atomic E-state index is -0.600. The highest BCUT2D eigenvalue weighted by molar-refractivity contribution is 7.91. The first kappa shape index (κ1) is 9.27. The molecule has 0 aliphatic heterocycles. The quantitative estimate of drug-likeness (QED) is 0.578. The van der Waals surface area contributed by atoms with Crippen molar-refractivity contribution in [3.63, 3.8) is 0 Å². The first-order chi connectivity index (χ1) is 4.31. The maximum absolute atomic E-state index is 10.9. The summed E-state index contributed by atoms with van der Waals surface area (Å²) in [5.74, 6) is 1.62. The van der Waals surface area contributed by atoms with E-state index in [0.29, 0.717) is 6.54 Å². The second-order valence-corrected chi connectivity index (χ2v) is 3.69. The Labute approximate surface area is 60.0 Å². The molecule has 56 valence electrons. The van der Waals surface area contributed by atoms with Crippen LogP contribution in [-0.4, -0.2) is 22.6 Å². The Kier molecular flexibility index (Phi) is 6.58. The van der Waals surface area contributed by atoms with Crippen LogP contribution in [0.5, 0.6) is 0 Å². The van der Waals surface area contributed by atoms with Gasteiger partial charge in [0.25, 0.3) is 0 Å². The monoisotopic (exact) mass is 149 g/mol. The molecule has 0 aromatic rings. The summed E-state index contributed by atoms with van der Waals surface area (Å²) in [6, 6.07) is 0. The van der Waals surface area contributed by atoms with Gasteiger partial charge >= 0.3 is 0 Å². The second-order valence-electron chi connectivity index (χ2n) is 1.99. The van der Waals surface area contributed by atoms with Crippen LogP contribution in [0, 0.1) is 0 Å². The molecule has 0 heterocycles. The highest BCUT2D eigenvalue weighted by Crippen LogP contribution is 1.94. The zero-order chi connectivity index (χ0) is 7.11. The SMILES string of the molecule is CCC[S@+]([O-])CCCN. The third-order valence-corrected chi connectivity index (χ3v) is 2.62. The molecule has 0 aliphatic rings. The van der Waals surface area contributed by atoms with E-state index in [-0.39, 0.29) is 0 Å². The van der Waals surface area contributed by atoms with Crippen LogP contribution in [0.25, 0.3) is 0 Å². The summed E-state index contributed by atoms with van der Waals surface area (Å²) in [6.45, 7) is 2.70. The van der Waals surface area contributed by atoms with E-state index in [2.05, 4.69) is 0 Å². The predicted octanol–water partition coefficient (Wildman–Crippen LogP) is 0.494. The van der Waals surface area contributed by atoms with E-state index in [9.17, 15) is 4.55 Å². The van der Waals surface area contributed by atoms with Crippen LogP contribution < -0.4 is 5.73 Å². The van der Waals surface area contributed by atoms with Gasteiger partial charge < -0.3 is 10.3 Å². The average Bonchev–Trinajstić information content (AvgIpc) is 1.85. The smallest absolute Gasteiger partial charge is 0.106 e. The van der Waals surface area contributed by atoms with E-state index < -0.39 is 11.2 Å². The summed E-state index contributed by atoms with van der Waals surface area (Å²) in [6.07, 6.45) is 1.91. The lowest BCUT2D eigenvalue weighted by atomic mass is 10.5. The van der Waals surface area contributed by atoms with Crippen molar-refractivity contribution in [2.45, 2.75) is 19.8 Å². The first-order valence-corrected chi connectivity index (χ1v) is 4.85. The van der Waals surface area contributed by atoms with E-state index >= 15 is 0 Å². The van der Waals surface area contributed by atoms with Crippen LogP contribution in [0.2, 0.25) is 0 Å². The Morgan fingerprint density at radius 2 is 2.11 bits per heavy atom. The minimum Gasteiger partial charge on any atom is -0.616 e. The molecule has 1 atom stereocenters. The summed E-state index contributed by atoms with van der Waals surface area (Å²) < 4.78 is 10.9. The van der Waals surface area contributed by atoms with Gasteiger partial charge in [-0.2, -0.15) is 0 Å². The molecule has 9 heavy (non-hydrogen) atoms. The van der Waals surface area contributed by atoms with Gasteiger partial charge in [-0.25, -0.2) is 0 Å². The summed E-state index contributed by atoms with van der Waals surface area (Å²) >= 11 is -0.600. The molecule has 2 nitrogen and oxygen atoms in total. The van der Waals surface area contributed by atoms with E-state index in [1.165, 1.54) is 0 Å². The van der Waals surface area contributed by atoms with Gasteiger partial charge in [0.15, 0.2) is 0 Å². The fourth-order valence-electron chi connectivity index (χ4n) is 0.574. The van der Waals surface area contributed by atoms with Crippen LogP contribution in [0.1, 0.15) is 19.8 Å². The Morgan fingerprint density at radius 3 is 2.56 bits per heavy atom. The average molecular weight is 149 g/mol. The summed E-state index contributed by atoms with van der Waals surface area (Å²) in [5, 5.41) is 0. The molecule has 0 radical (unpaired) electrons. The molecule has 0 aromatic carbocycles. The molecule has 0 aromatic heterocycles. The van der Waals surface area contributed by atoms with Crippen molar-refractivity contribution < 1.29 is 4.55 Å². The normalized spacial score (nSPS) is 13.7. The van der Waals surface area contributed by atoms with Crippen LogP contribution in [0.3, 0.4) is 0 Å². The molecular formula is C6H15NOS. The van der Waals surface area contributed by atoms with Crippen LogP contribution >= 0.6 is 0 Å². The fourth-order valence-corrected chi connectivity index (χ4v) is 1.72. The van der Waals surface area contributed by atoms with E-state index in [1.54, 1.807) is 0 Å². The van der Waals surface area contributed by atoms with E-state index in [1.807, 2.05) is 6.92 Å².